The van der Waals surface area contributed by atoms with Crippen LogP contribution >= 0.6 is 23.6 Å². The van der Waals surface area contributed by atoms with Crippen LogP contribution in [0.5, 0.6) is 0 Å². The second-order valence-corrected chi connectivity index (χ2v) is 7.22. The van der Waals surface area contributed by atoms with Gasteiger partial charge in [0, 0.05) is 31.9 Å². The third-order valence-corrected chi connectivity index (χ3v) is 5.14. The molecule has 134 valence electrons. The number of nitrogens with one attached hydrogen (secondary N) is 1. The minimum Gasteiger partial charge on any atom is -0.450 e. The van der Waals surface area contributed by atoms with Gasteiger partial charge < -0.3 is 9.64 Å². The molecule has 1 fully saturated rings. The summed E-state index contributed by atoms with van der Waals surface area (Å²) in [4.78, 5) is 16.2. The molecule has 7 nitrogen and oxygen atoms in total. The molecule has 25 heavy (non-hydrogen) atoms. The molecule has 3 rings (SSSR count). The standard InChI is InChI=1S/C16H21N5O2S2/c1-2-23-15(22)17-14-18-21(16(24)25-14)12-19-8-10-20(11-9-19)13-6-4-3-5-7-13/h3-7H,2,8-12H2,1H3,(H,17,18,22). The Kier molecular flexibility index (Phi) is 6.00. The average molecular weight is 380 g/mol. The number of nitrogens with zero attached hydrogens (tertiary/aromatic N) is 4. The quantitative estimate of drug-likeness (QED) is 0.806. The van der Waals surface area contributed by atoms with Gasteiger partial charge in [0.2, 0.25) is 5.13 Å². The molecule has 0 radical (unpaired) electrons. The summed E-state index contributed by atoms with van der Waals surface area (Å²) in [6, 6.07) is 10.4. The van der Waals surface area contributed by atoms with E-state index in [-0.39, 0.29) is 0 Å². The highest BCUT2D eigenvalue weighted by molar-refractivity contribution is 7.73. The number of amides is 1. The Labute approximate surface area is 155 Å². The molecule has 0 atom stereocenters. The number of ether oxygens (including phenoxy) is 1. The Morgan fingerprint density at radius 1 is 1.28 bits per heavy atom. The number of aromatic nitrogens is 2. The van der Waals surface area contributed by atoms with E-state index < -0.39 is 6.09 Å². The van der Waals surface area contributed by atoms with Crippen molar-refractivity contribution in [2.24, 2.45) is 0 Å². The van der Waals surface area contributed by atoms with Gasteiger partial charge in [0.25, 0.3) is 0 Å². The molecule has 0 aliphatic carbocycles. The zero-order valence-electron chi connectivity index (χ0n) is 14.1. The molecule has 2 heterocycles. The fraction of sp³-hybridized carbons (Fsp3) is 0.438. The molecular formula is C16H21N5O2S2. The smallest absolute Gasteiger partial charge is 0.413 e. The van der Waals surface area contributed by atoms with E-state index in [0.29, 0.717) is 22.4 Å². The predicted molar refractivity (Wildman–Crippen MR) is 102 cm³/mol. The van der Waals surface area contributed by atoms with E-state index >= 15 is 0 Å². The monoisotopic (exact) mass is 379 g/mol. The highest BCUT2D eigenvalue weighted by atomic mass is 32.1. The van der Waals surface area contributed by atoms with Crippen LogP contribution in [0.4, 0.5) is 15.6 Å². The van der Waals surface area contributed by atoms with Crippen molar-refractivity contribution in [3.05, 3.63) is 34.3 Å². The maximum Gasteiger partial charge on any atom is 0.413 e. The lowest BCUT2D eigenvalue weighted by molar-refractivity contribution is 0.167. The molecule has 1 aromatic carbocycles. The summed E-state index contributed by atoms with van der Waals surface area (Å²) in [5.41, 5.74) is 1.26. The minimum absolute atomic E-state index is 0.323. The van der Waals surface area contributed by atoms with Crippen LogP contribution < -0.4 is 10.2 Å². The molecule has 0 unspecified atom stereocenters. The van der Waals surface area contributed by atoms with E-state index in [2.05, 4.69) is 44.5 Å². The first-order valence-corrected chi connectivity index (χ1v) is 9.42. The average Bonchev–Trinajstić information content (AvgIpc) is 2.95. The molecule has 0 spiro atoms. The number of piperazine rings is 1. The molecule has 0 saturated carbocycles. The number of carbonyl (C=O) groups excluding carboxylic acids is 1. The van der Waals surface area contributed by atoms with Gasteiger partial charge in [0.05, 0.1) is 13.3 Å². The molecule has 1 amide bonds. The van der Waals surface area contributed by atoms with Gasteiger partial charge in [-0.2, -0.15) is 0 Å². The molecule has 9 heteroatoms. The molecule has 1 saturated heterocycles. The molecule has 1 N–H and O–H groups in total. The van der Waals surface area contributed by atoms with Crippen molar-refractivity contribution in [3.8, 4) is 0 Å². The molecule has 1 aliphatic rings. The summed E-state index contributed by atoms with van der Waals surface area (Å²) in [5.74, 6) is 0. The Balaban J connectivity index is 1.54. The summed E-state index contributed by atoms with van der Waals surface area (Å²) in [6.07, 6.45) is -0.505. The maximum atomic E-state index is 11.5. The number of anilines is 2. The van der Waals surface area contributed by atoms with Crippen LogP contribution in [-0.2, 0) is 11.4 Å². The molecule has 1 aromatic heterocycles. The lowest BCUT2D eigenvalue weighted by Crippen LogP contribution is -2.46. The van der Waals surface area contributed by atoms with Gasteiger partial charge in [-0.05, 0) is 31.3 Å². The topological polar surface area (TPSA) is 62.6 Å². The highest BCUT2D eigenvalue weighted by Crippen LogP contribution is 2.18. The number of carbonyl (C=O) groups is 1. The van der Waals surface area contributed by atoms with Crippen molar-refractivity contribution in [3.63, 3.8) is 0 Å². The summed E-state index contributed by atoms with van der Waals surface area (Å²) in [7, 11) is 0. The first-order valence-electron chi connectivity index (χ1n) is 8.20. The third kappa shape index (κ3) is 4.77. The SMILES string of the molecule is CCOC(=O)Nc1nn(CN2CCN(c3ccccc3)CC2)c(=S)s1. The molecular weight excluding hydrogens is 358 g/mol. The number of rotatable bonds is 5. The van der Waals surface area contributed by atoms with Crippen LogP contribution in [0.3, 0.4) is 0 Å². The van der Waals surface area contributed by atoms with Gasteiger partial charge in [-0.25, -0.2) is 9.48 Å². The van der Waals surface area contributed by atoms with Crippen molar-refractivity contribution >= 4 is 40.5 Å². The van der Waals surface area contributed by atoms with E-state index in [0.717, 1.165) is 26.2 Å². The van der Waals surface area contributed by atoms with E-state index in [4.69, 9.17) is 17.0 Å². The Bertz CT molecular complexity index is 753. The zero-order valence-corrected chi connectivity index (χ0v) is 15.7. The zero-order chi connectivity index (χ0) is 17.6. The fourth-order valence-corrected chi connectivity index (χ4v) is 3.65. The largest absolute Gasteiger partial charge is 0.450 e. The second-order valence-electron chi connectivity index (χ2n) is 5.60. The first kappa shape index (κ1) is 17.8. The van der Waals surface area contributed by atoms with Crippen molar-refractivity contribution in [1.82, 2.24) is 14.7 Å². The number of hydrogen-bond acceptors (Lipinski definition) is 7. The predicted octanol–water partition coefficient (Wildman–Crippen LogP) is 3.02. The van der Waals surface area contributed by atoms with E-state index in [1.54, 1.807) is 11.6 Å². The van der Waals surface area contributed by atoms with Gasteiger partial charge in [0.15, 0.2) is 3.95 Å². The van der Waals surface area contributed by atoms with E-state index in [1.165, 1.54) is 17.0 Å². The number of benzene rings is 1. The summed E-state index contributed by atoms with van der Waals surface area (Å²) >= 11 is 6.62. The molecule has 1 aliphatic heterocycles. The fourth-order valence-electron chi connectivity index (χ4n) is 2.68. The van der Waals surface area contributed by atoms with Gasteiger partial charge >= 0.3 is 6.09 Å². The summed E-state index contributed by atoms with van der Waals surface area (Å²) in [6.45, 7) is 6.52. The van der Waals surface area contributed by atoms with Gasteiger partial charge in [0.1, 0.15) is 0 Å². The maximum absolute atomic E-state index is 11.5. The van der Waals surface area contributed by atoms with Crippen LogP contribution in [0.25, 0.3) is 0 Å². The van der Waals surface area contributed by atoms with Crippen LogP contribution in [0.1, 0.15) is 6.92 Å². The van der Waals surface area contributed by atoms with Crippen molar-refractivity contribution in [2.75, 3.05) is 43.0 Å². The normalized spacial score (nSPS) is 15.2. The number of hydrogen-bond donors (Lipinski definition) is 1. The highest BCUT2D eigenvalue weighted by Gasteiger charge is 2.18. The third-order valence-electron chi connectivity index (χ3n) is 3.92. The van der Waals surface area contributed by atoms with Crippen molar-refractivity contribution < 1.29 is 9.53 Å². The summed E-state index contributed by atoms with van der Waals surface area (Å²) < 4.78 is 7.24. The van der Waals surface area contributed by atoms with Gasteiger partial charge in [-0.3, -0.25) is 10.2 Å². The Morgan fingerprint density at radius 3 is 2.68 bits per heavy atom. The van der Waals surface area contributed by atoms with Gasteiger partial charge in [-0.15, -0.1) is 5.10 Å². The second kappa shape index (κ2) is 8.41. The Morgan fingerprint density at radius 2 is 2.00 bits per heavy atom. The number of para-hydroxylation sites is 1. The Hall–Kier alpha value is -1.97. The van der Waals surface area contributed by atoms with Crippen LogP contribution in [0.2, 0.25) is 0 Å². The summed E-state index contributed by atoms with van der Waals surface area (Å²) in [5, 5.41) is 7.43. The van der Waals surface area contributed by atoms with Crippen molar-refractivity contribution in [1.29, 1.82) is 0 Å². The molecule has 2 aromatic rings. The van der Waals surface area contributed by atoms with Gasteiger partial charge in [-0.1, -0.05) is 29.5 Å². The molecule has 0 bridgehead atoms. The van der Waals surface area contributed by atoms with E-state index in [1.807, 2.05) is 6.07 Å². The lowest BCUT2D eigenvalue weighted by Gasteiger charge is -2.35. The first-order chi connectivity index (χ1) is 12.2. The van der Waals surface area contributed by atoms with Crippen LogP contribution in [0, 0.1) is 3.95 Å². The lowest BCUT2D eigenvalue weighted by atomic mass is 10.2. The van der Waals surface area contributed by atoms with Crippen LogP contribution in [0.15, 0.2) is 30.3 Å². The van der Waals surface area contributed by atoms with Crippen molar-refractivity contribution in [2.45, 2.75) is 13.6 Å². The van der Waals surface area contributed by atoms with Crippen LogP contribution in [-0.4, -0.2) is 53.6 Å². The minimum atomic E-state index is -0.505. The van der Waals surface area contributed by atoms with E-state index in [9.17, 15) is 4.79 Å².